The molecule has 0 unspecified atom stereocenters. The molecule has 0 aromatic heterocycles. The number of hydrogen-bond donors (Lipinski definition) is 3. The Morgan fingerprint density at radius 1 is 1.53 bits per heavy atom. The Morgan fingerprint density at radius 3 is 2.40 bits per heavy atom. The van der Waals surface area contributed by atoms with Gasteiger partial charge in [-0.15, -0.1) is 0 Å². The van der Waals surface area contributed by atoms with E-state index in [1.54, 1.807) is 27.7 Å². The van der Waals surface area contributed by atoms with Crippen LogP contribution in [0.1, 0.15) is 27.7 Å². The van der Waals surface area contributed by atoms with Crippen LogP contribution in [0.15, 0.2) is 0 Å². The first-order chi connectivity index (χ1) is 6.73. The summed E-state index contributed by atoms with van der Waals surface area (Å²) in [7, 11) is 0. The van der Waals surface area contributed by atoms with E-state index in [9.17, 15) is 9.90 Å². The predicted molar refractivity (Wildman–Crippen MR) is 56.7 cm³/mol. The van der Waals surface area contributed by atoms with Gasteiger partial charge in [0.25, 0.3) is 0 Å². The van der Waals surface area contributed by atoms with Crippen LogP contribution >= 0.6 is 0 Å². The molecule has 5 heteroatoms. The molecule has 1 aliphatic heterocycles. The number of rotatable bonds is 2. The minimum absolute atomic E-state index is 0.311. The summed E-state index contributed by atoms with van der Waals surface area (Å²) in [6, 6.07) is -0.311. The zero-order chi connectivity index (χ0) is 11.7. The lowest BCUT2D eigenvalue weighted by molar-refractivity contribution is -0.0407. The monoisotopic (exact) mass is 216 g/mol. The fourth-order valence-corrected chi connectivity index (χ4v) is 1.31. The van der Waals surface area contributed by atoms with Crippen molar-refractivity contribution >= 4 is 6.09 Å². The van der Waals surface area contributed by atoms with Crippen molar-refractivity contribution in [1.29, 1.82) is 0 Å². The normalized spacial score (nSPS) is 21.4. The second kappa shape index (κ2) is 3.98. The molecule has 88 valence electrons. The molecule has 1 saturated heterocycles. The van der Waals surface area contributed by atoms with Gasteiger partial charge < -0.3 is 20.5 Å². The van der Waals surface area contributed by atoms with Crippen LogP contribution in [0.3, 0.4) is 0 Å². The van der Waals surface area contributed by atoms with E-state index in [0.29, 0.717) is 13.1 Å². The Morgan fingerprint density at radius 2 is 2.07 bits per heavy atom. The van der Waals surface area contributed by atoms with E-state index in [1.807, 2.05) is 0 Å². The average molecular weight is 216 g/mol. The first-order valence-corrected chi connectivity index (χ1v) is 5.15. The molecule has 0 spiro atoms. The summed E-state index contributed by atoms with van der Waals surface area (Å²) in [5, 5.41) is 15.5. The van der Waals surface area contributed by atoms with Crippen LogP contribution < -0.4 is 10.6 Å². The number of carbonyl (C=O) groups is 1. The van der Waals surface area contributed by atoms with Crippen LogP contribution in [0.25, 0.3) is 0 Å². The third-order valence-electron chi connectivity index (χ3n) is 2.40. The molecule has 3 N–H and O–H groups in total. The molecule has 1 heterocycles. The summed E-state index contributed by atoms with van der Waals surface area (Å²) in [6.45, 7) is 8.18. The van der Waals surface area contributed by atoms with Gasteiger partial charge in [-0.2, -0.15) is 0 Å². The molecular weight excluding hydrogens is 196 g/mol. The van der Waals surface area contributed by atoms with Crippen LogP contribution in [-0.2, 0) is 4.74 Å². The molecule has 0 bridgehead atoms. The van der Waals surface area contributed by atoms with Crippen LogP contribution in [0.4, 0.5) is 4.79 Å². The van der Waals surface area contributed by atoms with Gasteiger partial charge in [0.2, 0.25) is 0 Å². The molecule has 15 heavy (non-hydrogen) atoms. The minimum Gasteiger partial charge on any atom is -0.444 e. The lowest BCUT2D eigenvalue weighted by atomic mass is 9.89. The fourth-order valence-electron chi connectivity index (χ4n) is 1.31. The summed E-state index contributed by atoms with van der Waals surface area (Å²) < 4.78 is 5.09. The molecule has 1 fully saturated rings. The van der Waals surface area contributed by atoms with Gasteiger partial charge in [0.1, 0.15) is 11.2 Å². The third-order valence-corrected chi connectivity index (χ3v) is 2.40. The molecule has 5 nitrogen and oxygen atoms in total. The van der Waals surface area contributed by atoms with Gasteiger partial charge >= 0.3 is 6.09 Å². The number of β-amino-alcohol motifs (C(OH)–C–C–N with tert-alkyl or cyclic N) is 1. The van der Waals surface area contributed by atoms with Crippen LogP contribution in [-0.4, -0.2) is 41.5 Å². The minimum atomic E-state index is -0.836. The van der Waals surface area contributed by atoms with E-state index in [1.165, 1.54) is 0 Å². The number of nitrogens with one attached hydrogen (secondary N) is 2. The highest BCUT2D eigenvalue weighted by Crippen LogP contribution is 2.16. The maximum atomic E-state index is 11.4. The zero-order valence-corrected chi connectivity index (χ0v) is 9.76. The van der Waals surface area contributed by atoms with Crippen molar-refractivity contribution in [2.75, 3.05) is 13.1 Å². The lowest BCUT2D eigenvalue weighted by Gasteiger charge is -2.42. The molecule has 0 aliphatic carbocycles. The average Bonchev–Trinajstić information content (AvgIpc) is 1.95. The van der Waals surface area contributed by atoms with E-state index in [-0.39, 0.29) is 6.04 Å². The summed E-state index contributed by atoms with van der Waals surface area (Å²) in [5.74, 6) is 0. The second-order valence-electron chi connectivity index (χ2n) is 5.08. The molecule has 0 aromatic rings. The van der Waals surface area contributed by atoms with Gasteiger partial charge in [-0.25, -0.2) is 4.79 Å². The van der Waals surface area contributed by atoms with Gasteiger partial charge in [-0.3, -0.25) is 0 Å². The lowest BCUT2D eigenvalue weighted by Crippen LogP contribution is -2.69. The number of aliphatic hydroxyl groups is 1. The molecule has 0 saturated carbocycles. The Hall–Kier alpha value is -0.810. The van der Waals surface area contributed by atoms with Gasteiger partial charge in [0.05, 0.1) is 6.04 Å². The second-order valence-corrected chi connectivity index (χ2v) is 5.08. The maximum Gasteiger partial charge on any atom is 0.407 e. The molecule has 1 aliphatic rings. The smallest absolute Gasteiger partial charge is 0.407 e. The Bertz CT molecular complexity index is 244. The van der Waals surface area contributed by atoms with Gasteiger partial charge in [-0.1, -0.05) is 0 Å². The fraction of sp³-hybridized carbons (Fsp3) is 0.900. The summed E-state index contributed by atoms with van der Waals surface area (Å²) in [4.78, 5) is 11.4. The SMILES string of the molecule is C[C@H](NC(=O)OC(C)(C)C)C1(O)CNC1. The highest BCUT2D eigenvalue weighted by molar-refractivity contribution is 5.68. The maximum absolute atomic E-state index is 11.4. The summed E-state index contributed by atoms with van der Waals surface area (Å²) in [5.41, 5.74) is -1.35. The van der Waals surface area contributed by atoms with Crippen molar-refractivity contribution in [3.8, 4) is 0 Å². The summed E-state index contributed by atoms with van der Waals surface area (Å²) in [6.07, 6.45) is -0.490. The number of ether oxygens (including phenoxy) is 1. The standard InChI is InChI=1S/C10H20N2O3/c1-7(10(14)5-11-6-10)12-8(13)15-9(2,3)4/h7,11,14H,5-6H2,1-4H3,(H,12,13)/t7-/m0/s1. The first kappa shape index (κ1) is 12.3. The van der Waals surface area contributed by atoms with Gasteiger partial charge in [0, 0.05) is 13.1 Å². The topological polar surface area (TPSA) is 70.6 Å². The van der Waals surface area contributed by atoms with Crippen LogP contribution in [0.5, 0.6) is 0 Å². The van der Waals surface area contributed by atoms with Gasteiger partial charge in [0.15, 0.2) is 0 Å². The van der Waals surface area contributed by atoms with E-state index in [0.717, 1.165) is 0 Å². The Labute approximate surface area is 90.2 Å². The highest BCUT2D eigenvalue weighted by atomic mass is 16.6. The van der Waals surface area contributed by atoms with Crippen molar-refractivity contribution in [1.82, 2.24) is 10.6 Å². The largest absolute Gasteiger partial charge is 0.444 e. The van der Waals surface area contributed by atoms with E-state index in [2.05, 4.69) is 10.6 Å². The van der Waals surface area contributed by atoms with Crippen molar-refractivity contribution < 1.29 is 14.6 Å². The van der Waals surface area contributed by atoms with E-state index in [4.69, 9.17) is 4.74 Å². The number of hydrogen-bond acceptors (Lipinski definition) is 4. The predicted octanol–water partition coefficient (Wildman–Crippen LogP) is 0.234. The quantitative estimate of drug-likeness (QED) is 0.618. The first-order valence-electron chi connectivity index (χ1n) is 5.15. The Balaban J connectivity index is 2.38. The molecule has 1 rings (SSSR count). The van der Waals surface area contributed by atoms with E-state index < -0.39 is 17.3 Å². The molecular formula is C10H20N2O3. The molecule has 1 atom stereocenters. The zero-order valence-electron chi connectivity index (χ0n) is 9.76. The van der Waals surface area contributed by atoms with E-state index >= 15 is 0 Å². The molecule has 1 amide bonds. The third kappa shape index (κ3) is 3.35. The summed E-state index contributed by atoms with van der Waals surface area (Å²) >= 11 is 0. The highest BCUT2D eigenvalue weighted by Gasteiger charge is 2.41. The van der Waals surface area contributed by atoms with Crippen molar-refractivity contribution in [3.63, 3.8) is 0 Å². The van der Waals surface area contributed by atoms with Crippen molar-refractivity contribution in [3.05, 3.63) is 0 Å². The number of alkyl carbamates (subject to hydrolysis) is 1. The van der Waals surface area contributed by atoms with Crippen molar-refractivity contribution in [2.45, 2.75) is 44.9 Å². The molecule has 0 aromatic carbocycles. The van der Waals surface area contributed by atoms with Crippen LogP contribution in [0, 0.1) is 0 Å². The van der Waals surface area contributed by atoms with Gasteiger partial charge in [-0.05, 0) is 27.7 Å². The van der Waals surface area contributed by atoms with Crippen LogP contribution in [0.2, 0.25) is 0 Å². The Kier molecular flexibility index (Phi) is 3.25. The molecule has 0 radical (unpaired) electrons. The number of carbonyl (C=O) groups excluding carboxylic acids is 1. The van der Waals surface area contributed by atoms with Crippen molar-refractivity contribution in [2.24, 2.45) is 0 Å². The number of amides is 1.